The molecular formula is C11H17NO4S2. The first-order chi connectivity index (χ1) is 8.12. The van der Waals surface area contributed by atoms with E-state index in [1.165, 1.54) is 13.0 Å². The highest BCUT2D eigenvalue weighted by atomic mass is 32.2. The first kappa shape index (κ1) is 15.1. The summed E-state index contributed by atoms with van der Waals surface area (Å²) in [6.45, 7) is 6.64. The average molecular weight is 291 g/mol. The highest BCUT2D eigenvalue weighted by Crippen LogP contribution is 2.16. The van der Waals surface area contributed by atoms with Crippen LogP contribution in [0, 0.1) is 0 Å². The van der Waals surface area contributed by atoms with E-state index in [2.05, 4.69) is 4.72 Å². The van der Waals surface area contributed by atoms with Gasteiger partial charge in [0.2, 0.25) is 0 Å². The Kier molecular flexibility index (Phi) is 4.52. The molecule has 0 aliphatic heterocycles. The second-order valence-electron chi connectivity index (χ2n) is 4.81. The van der Waals surface area contributed by atoms with E-state index < -0.39 is 27.6 Å². The quantitative estimate of drug-likeness (QED) is 0.858. The van der Waals surface area contributed by atoms with Gasteiger partial charge in [0.1, 0.15) is 15.9 Å². The van der Waals surface area contributed by atoms with E-state index in [0.717, 1.165) is 11.3 Å². The van der Waals surface area contributed by atoms with Crippen molar-refractivity contribution in [1.82, 2.24) is 4.72 Å². The molecule has 0 unspecified atom stereocenters. The second kappa shape index (κ2) is 5.38. The lowest BCUT2D eigenvalue weighted by atomic mass is 10.2. The molecule has 18 heavy (non-hydrogen) atoms. The van der Waals surface area contributed by atoms with E-state index in [1.807, 2.05) is 0 Å². The summed E-state index contributed by atoms with van der Waals surface area (Å²) in [5, 5.41) is 1.66. The van der Waals surface area contributed by atoms with Gasteiger partial charge < -0.3 is 4.74 Å². The molecule has 102 valence electrons. The zero-order valence-corrected chi connectivity index (χ0v) is 12.4. The number of ether oxygens (including phenoxy) is 1. The number of hydrogen-bond acceptors (Lipinski definition) is 5. The standard InChI is InChI=1S/C11H17NO4S2/c1-8(10(13)16-11(2,3)4)12-18(14,15)9-6-5-7-17-9/h5-8,12H,1-4H3/t8-/m1/s1. The number of nitrogens with one attached hydrogen (secondary N) is 1. The molecule has 0 aromatic carbocycles. The number of thiophene rings is 1. The maximum atomic E-state index is 11.9. The van der Waals surface area contributed by atoms with Crippen LogP contribution in [-0.4, -0.2) is 26.0 Å². The molecule has 1 aromatic rings. The molecule has 0 amide bonds. The lowest BCUT2D eigenvalue weighted by Crippen LogP contribution is -2.41. The highest BCUT2D eigenvalue weighted by molar-refractivity contribution is 7.91. The van der Waals surface area contributed by atoms with Crippen LogP contribution in [0.1, 0.15) is 27.7 Å². The van der Waals surface area contributed by atoms with Crippen LogP contribution in [0.2, 0.25) is 0 Å². The number of carbonyl (C=O) groups excluding carboxylic acids is 1. The summed E-state index contributed by atoms with van der Waals surface area (Å²) in [7, 11) is -3.65. The Balaban J connectivity index is 2.71. The third-order valence-corrected chi connectivity index (χ3v) is 4.79. The van der Waals surface area contributed by atoms with Gasteiger partial charge in [0, 0.05) is 0 Å². The summed E-state index contributed by atoms with van der Waals surface area (Å²) in [6.07, 6.45) is 0. The molecule has 5 nitrogen and oxygen atoms in total. The van der Waals surface area contributed by atoms with Gasteiger partial charge in [0.15, 0.2) is 0 Å². The topological polar surface area (TPSA) is 72.5 Å². The summed E-state index contributed by atoms with van der Waals surface area (Å²) in [6, 6.07) is 2.20. The first-order valence-corrected chi connectivity index (χ1v) is 7.77. The predicted molar refractivity (Wildman–Crippen MR) is 69.9 cm³/mol. The van der Waals surface area contributed by atoms with E-state index in [1.54, 1.807) is 32.2 Å². The number of hydrogen-bond donors (Lipinski definition) is 1. The predicted octanol–water partition coefficient (Wildman–Crippen LogP) is 1.76. The molecule has 0 spiro atoms. The minimum Gasteiger partial charge on any atom is -0.459 e. The maximum Gasteiger partial charge on any atom is 0.324 e. The summed E-state index contributed by atoms with van der Waals surface area (Å²) in [4.78, 5) is 11.7. The van der Waals surface area contributed by atoms with Gasteiger partial charge in [0.25, 0.3) is 10.0 Å². The Hall–Kier alpha value is -0.920. The monoisotopic (exact) mass is 291 g/mol. The molecule has 0 radical (unpaired) electrons. The number of carbonyl (C=O) groups is 1. The van der Waals surface area contributed by atoms with Crippen LogP contribution in [0.4, 0.5) is 0 Å². The van der Waals surface area contributed by atoms with Gasteiger partial charge in [-0.15, -0.1) is 11.3 Å². The first-order valence-electron chi connectivity index (χ1n) is 5.40. The summed E-state index contributed by atoms with van der Waals surface area (Å²) in [5.74, 6) is -0.595. The molecule has 0 fully saturated rings. The van der Waals surface area contributed by atoms with Gasteiger partial charge in [-0.25, -0.2) is 8.42 Å². The van der Waals surface area contributed by atoms with Crippen molar-refractivity contribution in [2.24, 2.45) is 0 Å². The van der Waals surface area contributed by atoms with Crippen LogP contribution in [0.15, 0.2) is 21.7 Å². The van der Waals surface area contributed by atoms with E-state index >= 15 is 0 Å². The Morgan fingerprint density at radius 3 is 2.50 bits per heavy atom. The Bertz CT molecular complexity index is 500. The van der Waals surface area contributed by atoms with Crippen LogP contribution in [0.5, 0.6) is 0 Å². The molecule has 1 aromatic heterocycles. The number of rotatable bonds is 4. The molecule has 0 saturated heterocycles. The van der Waals surface area contributed by atoms with Crippen LogP contribution in [0.25, 0.3) is 0 Å². The molecule has 0 bridgehead atoms. The van der Waals surface area contributed by atoms with Crippen molar-refractivity contribution in [3.05, 3.63) is 17.5 Å². The van der Waals surface area contributed by atoms with E-state index in [-0.39, 0.29) is 4.21 Å². The number of sulfonamides is 1. The maximum absolute atomic E-state index is 11.9. The van der Waals surface area contributed by atoms with Crippen molar-refractivity contribution in [2.45, 2.75) is 43.5 Å². The zero-order valence-electron chi connectivity index (χ0n) is 10.8. The van der Waals surface area contributed by atoms with Crippen molar-refractivity contribution in [3.8, 4) is 0 Å². The lowest BCUT2D eigenvalue weighted by Gasteiger charge is -2.22. The van der Waals surface area contributed by atoms with Crippen molar-refractivity contribution < 1.29 is 17.9 Å². The largest absolute Gasteiger partial charge is 0.459 e. The molecule has 1 atom stereocenters. The lowest BCUT2D eigenvalue weighted by molar-refractivity contribution is -0.156. The Morgan fingerprint density at radius 1 is 1.44 bits per heavy atom. The Labute approximate surface area is 111 Å². The third-order valence-electron chi connectivity index (χ3n) is 1.85. The van der Waals surface area contributed by atoms with Gasteiger partial charge in [-0.1, -0.05) is 6.07 Å². The molecule has 0 aliphatic carbocycles. The minimum atomic E-state index is -3.65. The van der Waals surface area contributed by atoms with Gasteiger partial charge in [-0.2, -0.15) is 4.72 Å². The van der Waals surface area contributed by atoms with E-state index in [4.69, 9.17) is 4.74 Å². The van der Waals surface area contributed by atoms with Crippen molar-refractivity contribution in [2.75, 3.05) is 0 Å². The van der Waals surface area contributed by atoms with Crippen molar-refractivity contribution >= 4 is 27.3 Å². The highest BCUT2D eigenvalue weighted by Gasteiger charge is 2.26. The molecule has 1 N–H and O–H groups in total. The normalized spacial score (nSPS) is 14.2. The summed E-state index contributed by atoms with van der Waals surface area (Å²) < 4.78 is 31.3. The Morgan fingerprint density at radius 2 is 2.06 bits per heavy atom. The van der Waals surface area contributed by atoms with E-state index in [9.17, 15) is 13.2 Å². The average Bonchev–Trinajstić information content (AvgIpc) is 2.66. The van der Waals surface area contributed by atoms with Crippen molar-refractivity contribution in [3.63, 3.8) is 0 Å². The van der Waals surface area contributed by atoms with Crippen LogP contribution >= 0.6 is 11.3 Å². The molecular weight excluding hydrogens is 274 g/mol. The van der Waals surface area contributed by atoms with Gasteiger partial charge in [-0.05, 0) is 39.1 Å². The summed E-state index contributed by atoms with van der Waals surface area (Å²) in [5.41, 5.74) is -0.639. The molecule has 7 heteroatoms. The SMILES string of the molecule is C[C@@H](NS(=O)(=O)c1cccs1)C(=O)OC(C)(C)C. The van der Waals surface area contributed by atoms with Crippen molar-refractivity contribution in [1.29, 1.82) is 0 Å². The fourth-order valence-corrected chi connectivity index (χ4v) is 3.35. The fourth-order valence-electron chi connectivity index (χ4n) is 1.15. The smallest absolute Gasteiger partial charge is 0.324 e. The zero-order chi connectivity index (χ0) is 14.0. The van der Waals surface area contributed by atoms with E-state index in [0.29, 0.717) is 0 Å². The van der Waals surface area contributed by atoms with Gasteiger partial charge in [-0.3, -0.25) is 4.79 Å². The number of esters is 1. The van der Waals surface area contributed by atoms with Gasteiger partial charge in [0.05, 0.1) is 0 Å². The third kappa shape index (κ3) is 4.40. The molecule has 1 rings (SSSR count). The van der Waals surface area contributed by atoms with Crippen LogP contribution < -0.4 is 4.72 Å². The molecule has 0 saturated carbocycles. The van der Waals surface area contributed by atoms with Gasteiger partial charge >= 0.3 is 5.97 Å². The fraction of sp³-hybridized carbons (Fsp3) is 0.545. The summed E-state index contributed by atoms with van der Waals surface area (Å²) >= 11 is 1.09. The molecule has 0 aliphatic rings. The molecule has 1 heterocycles. The van der Waals surface area contributed by atoms with Crippen LogP contribution in [0.3, 0.4) is 0 Å². The second-order valence-corrected chi connectivity index (χ2v) is 7.70. The minimum absolute atomic E-state index is 0.179. The van der Waals surface area contributed by atoms with Crippen LogP contribution in [-0.2, 0) is 19.6 Å².